The fourth-order valence-electron chi connectivity index (χ4n) is 1.56. The van der Waals surface area contributed by atoms with E-state index < -0.39 is 10.0 Å². The summed E-state index contributed by atoms with van der Waals surface area (Å²) in [6, 6.07) is 7.92. The largest absolute Gasteiger partial charge is 0.497 e. The van der Waals surface area contributed by atoms with Crippen LogP contribution in [-0.2, 0) is 16.4 Å². The molecular weight excluding hydrogens is 266 g/mol. The zero-order valence-electron chi connectivity index (χ0n) is 10.7. The molecule has 0 fully saturated rings. The topological polar surface area (TPSA) is 84.1 Å². The number of nitrogens with one attached hydrogen (secondary N) is 2. The Labute approximate surface area is 111 Å². The highest BCUT2D eigenvalue weighted by molar-refractivity contribution is 7.92. The zero-order chi connectivity index (χ0) is 13.9. The zero-order valence-corrected chi connectivity index (χ0v) is 11.5. The van der Waals surface area contributed by atoms with Crippen molar-refractivity contribution < 1.29 is 13.2 Å². The molecule has 0 aliphatic rings. The van der Waals surface area contributed by atoms with E-state index in [0.29, 0.717) is 5.75 Å². The molecule has 0 radical (unpaired) electrons. The molecule has 7 heteroatoms. The van der Waals surface area contributed by atoms with Crippen molar-refractivity contribution in [3.63, 3.8) is 0 Å². The van der Waals surface area contributed by atoms with Gasteiger partial charge in [-0.05, 0) is 18.6 Å². The molecule has 0 saturated carbocycles. The van der Waals surface area contributed by atoms with Gasteiger partial charge in [0.05, 0.1) is 12.0 Å². The number of aryl methyl sites for hydroxylation is 1. The summed E-state index contributed by atoms with van der Waals surface area (Å²) in [7, 11) is -2.17. The van der Waals surface area contributed by atoms with E-state index in [9.17, 15) is 8.42 Å². The molecule has 1 aromatic carbocycles. The van der Waals surface area contributed by atoms with Gasteiger partial charge in [0, 0.05) is 17.8 Å². The number of hydrogen-bond acceptors (Lipinski definition) is 4. The van der Waals surface area contributed by atoms with Crippen LogP contribution in [0.2, 0.25) is 0 Å². The molecule has 0 amide bonds. The number of nitrogens with zero attached hydrogens (tertiary/aromatic N) is 1. The monoisotopic (exact) mass is 281 g/mol. The van der Waals surface area contributed by atoms with Crippen molar-refractivity contribution in [1.29, 1.82) is 0 Å². The molecule has 0 atom stereocenters. The highest BCUT2D eigenvalue weighted by atomic mass is 32.2. The molecule has 0 bridgehead atoms. The summed E-state index contributed by atoms with van der Waals surface area (Å²) in [5.74, 6) is 0.763. The molecule has 19 heavy (non-hydrogen) atoms. The molecule has 0 saturated heterocycles. The Hall–Kier alpha value is -2.02. The van der Waals surface area contributed by atoms with Crippen LogP contribution in [-0.4, -0.2) is 25.7 Å². The van der Waals surface area contributed by atoms with Crippen LogP contribution in [0.15, 0.2) is 35.2 Å². The second kappa shape index (κ2) is 5.31. The minimum Gasteiger partial charge on any atom is -0.497 e. The van der Waals surface area contributed by atoms with Gasteiger partial charge in [-0.15, -0.1) is 0 Å². The SMILES string of the molecule is CCc1cc(NS(=O)(=O)c2cccc(OC)c2)n[nH]1. The van der Waals surface area contributed by atoms with Crippen LogP contribution in [0.5, 0.6) is 5.75 Å². The first-order valence-electron chi connectivity index (χ1n) is 5.76. The average Bonchev–Trinajstić information content (AvgIpc) is 2.85. The maximum absolute atomic E-state index is 12.1. The summed E-state index contributed by atoms with van der Waals surface area (Å²) in [6.45, 7) is 1.95. The third-order valence-electron chi connectivity index (χ3n) is 2.60. The van der Waals surface area contributed by atoms with E-state index in [1.165, 1.54) is 19.2 Å². The molecule has 1 aromatic heterocycles. The molecule has 2 aromatic rings. The van der Waals surface area contributed by atoms with Crippen molar-refractivity contribution in [1.82, 2.24) is 10.2 Å². The minimum absolute atomic E-state index is 0.132. The van der Waals surface area contributed by atoms with Crippen molar-refractivity contribution in [3.05, 3.63) is 36.0 Å². The Kier molecular flexibility index (Phi) is 3.75. The van der Waals surface area contributed by atoms with Crippen LogP contribution in [0.1, 0.15) is 12.6 Å². The van der Waals surface area contributed by atoms with Gasteiger partial charge in [0.15, 0.2) is 5.82 Å². The molecule has 0 aliphatic carbocycles. The Balaban J connectivity index is 2.26. The van der Waals surface area contributed by atoms with Crippen LogP contribution in [0.25, 0.3) is 0 Å². The maximum atomic E-state index is 12.1. The van der Waals surface area contributed by atoms with Gasteiger partial charge in [-0.1, -0.05) is 13.0 Å². The molecular formula is C12H15N3O3S. The quantitative estimate of drug-likeness (QED) is 0.875. The predicted molar refractivity (Wildman–Crippen MR) is 71.8 cm³/mol. The van der Waals surface area contributed by atoms with Gasteiger partial charge in [-0.3, -0.25) is 9.82 Å². The summed E-state index contributed by atoms with van der Waals surface area (Å²) >= 11 is 0. The number of benzene rings is 1. The smallest absolute Gasteiger partial charge is 0.263 e. The Morgan fingerprint density at radius 3 is 2.79 bits per heavy atom. The first-order valence-corrected chi connectivity index (χ1v) is 7.24. The van der Waals surface area contributed by atoms with Gasteiger partial charge in [0.1, 0.15) is 5.75 Å². The van der Waals surface area contributed by atoms with Crippen LogP contribution in [0, 0.1) is 0 Å². The molecule has 6 nitrogen and oxygen atoms in total. The lowest BCUT2D eigenvalue weighted by molar-refractivity contribution is 0.413. The van der Waals surface area contributed by atoms with Gasteiger partial charge < -0.3 is 4.74 Å². The van der Waals surface area contributed by atoms with E-state index in [2.05, 4.69) is 14.9 Å². The first-order chi connectivity index (χ1) is 9.05. The third kappa shape index (κ3) is 3.05. The van der Waals surface area contributed by atoms with Crippen molar-refractivity contribution >= 4 is 15.8 Å². The summed E-state index contributed by atoms with van der Waals surface area (Å²) in [5, 5.41) is 6.64. The summed E-state index contributed by atoms with van der Waals surface area (Å²) in [4.78, 5) is 0.132. The molecule has 2 N–H and O–H groups in total. The summed E-state index contributed by atoms with van der Waals surface area (Å²) in [5.41, 5.74) is 0.864. The van der Waals surface area contributed by atoms with E-state index in [4.69, 9.17) is 4.74 Å². The third-order valence-corrected chi connectivity index (χ3v) is 3.95. The minimum atomic E-state index is -3.65. The maximum Gasteiger partial charge on any atom is 0.263 e. The lowest BCUT2D eigenvalue weighted by atomic mass is 10.3. The number of anilines is 1. The highest BCUT2D eigenvalue weighted by Crippen LogP contribution is 2.19. The molecule has 1 heterocycles. The number of aromatic nitrogens is 2. The number of ether oxygens (including phenoxy) is 1. The normalized spacial score (nSPS) is 11.3. The number of methoxy groups -OCH3 is 1. The van der Waals surface area contributed by atoms with Gasteiger partial charge in [-0.2, -0.15) is 5.10 Å². The average molecular weight is 281 g/mol. The number of rotatable bonds is 5. The molecule has 0 unspecified atom stereocenters. The standard InChI is InChI=1S/C12H15N3O3S/c1-3-9-7-12(14-13-9)15-19(16,17)11-6-4-5-10(8-11)18-2/h4-8H,3H2,1-2H3,(H2,13,14,15). The molecule has 102 valence electrons. The van der Waals surface area contributed by atoms with Crippen LogP contribution in [0.4, 0.5) is 5.82 Å². The van der Waals surface area contributed by atoms with Crippen LogP contribution >= 0.6 is 0 Å². The number of H-pyrrole nitrogens is 1. The fraction of sp³-hybridized carbons (Fsp3) is 0.250. The molecule has 0 aliphatic heterocycles. The predicted octanol–water partition coefficient (Wildman–Crippen LogP) is 1.78. The van der Waals surface area contributed by atoms with E-state index >= 15 is 0 Å². The van der Waals surface area contributed by atoms with Crippen molar-refractivity contribution in [2.24, 2.45) is 0 Å². The lowest BCUT2D eigenvalue weighted by Gasteiger charge is -2.06. The highest BCUT2D eigenvalue weighted by Gasteiger charge is 2.16. The summed E-state index contributed by atoms with van der Waals surface area (Å²) < 4.78 is 31.7. The Morgan fingerprint density at radius 1 is 1.37 bits per heavy atom. The Morgan fingerprint density at radius 2 is 2.16 bits per heavy atom. The van der Waals surface area contributed by atoms with Crippen molar-refractivity contribution in [2.75, 3.05) is 11.8 Å². The van der Waals surface area contributed by atoms with Gasteiger partial charge in [0.2, 0.25) is 0 Å². The second-order valence-electron chi connectivity index (χ2n) is 3.92. The number of hydrogen-bond donors (Lipinski definition) is 2. The molecule has 2 rings (SSSR count). The molecule has 0 spiro atoms. The van der Waals surface area contributed by atoms with E-state index in [-0.39, 0.29) is 10.7 Å². The first kappa shape index (κ1) is 13.4. The lowest BCUT2D eigenvalue weighted by Crippen LogP contribution is -2.13. The van der Waals surface area contributed by atoms with Gasteiger partial charge >= 0.3 is 0 Å². The summed E-state index contributed by atoms with van der Waals surface area (Å²) in [6.07, 6.45) is 0.758. The fourth-order valence-corrected chi connectivity index (χ4v) is 2.59. The van der Waals surface area contributed by atoms with Gasteiger partial charge in [0.25, 0.3) is 10.0 Å². The Bertz CT molecular complexity index is 664. The van der Waals surface area contributed by atoms with E-state index in [1.54, 1.807) is 18.2 Å². The van der Waals surface area contributed by atoms with E-state index in [0.717, 1.165) is 12.1 Å². The van der Waals surface area contributed by atoms with Crippen molar-refractivity contribution in [2.45, 2.75) is 18.2 Å². The second-order valence-corrected chi connectivity index (χ2v) is 5.60. The van der Waals surface area contributed by atoms with Crippen molar-refractivity contribution in [3.8, 4) is 5.75 Å². The van der Waals surface area contributed by atoms with E-state index in [1.807, 2.05) is 6.92 Å². The van der Waals surface area contributed by atoms with Crippen LogP contribution in [0.3, 0.4) is 0 Å². The number of sulfonamides is 1. The van der Waals surface area contributed by atoms with Crippen LogP contribution < -0.4 is 9.46 Å². The number of aromatic amines is 1. The van der Waals surface area contributed by atoms with Gasteiger partial charge in [-0.25, -0.2) is 8.42 Å².